The predicted molar refractivity (Wildman–Crippen MR) is 86.8 cm³/mol. The Balaban J connectivity index is 2.42. The normalized spacial score (nSPS) is 12.6. The van der Waals surface area contributed by atoms with Crippen molar-refractivity contribution >= 4 is 31.9 Å². The van der Waals surface area contributed by atoms with Gasteiger partial charge in [0.1, 0.15) is 0 Å². The number of nitrogens with zero attached hydrogens (tertiary/aromatic N) is 2. The summed E-state index contributed by atoms with van der Waals surface area (Å²) in [5, 5.41) is 7.77. The van der Waals surface area contributed by atoms with Crippen LogP contribution in [0, 0.1) is 0 Å². The SMILES string of the molecule is CNC(c1ccccc1Br)c1c(Br)cnn1CCOC. The van der Waals surface area contributed by atoms with Gasteiger partial charge in [0.25, 0.3) is 0 Å². The summed E-state index contributed by atoms with van der Waals surface area (Å²) in [5.74, 6) is 0. The molecule has 108 valence electrons. The van der Waals surface area contributed by atoms with Crippen molar-refractivity contribution in [2.24, 2.45) is 0 Å². The van der Waals surface area contributed by atoms with Gasteiger partial charge in [0.2, 0.25) is 0 Å². The van der Waals surface area contributed by atoms with Crippen molar-refractivity contribution in [3.05, 3.63) is 50.7 Å². The van der Waals surface area contributed by atoms with Crippen LogP contribution in [0.2, 0.25) is 0 Å². The van der Waals surface area contributed by atoms with Crippen LogP contribution >= 0.6 is 31.9 Å². The molecule has 1 aromatic carbocycles. The van der Waals surface area contributed by atoms with E-state index in [4.69, 9.17) is 4.74 Å². The van der Waals surface area contributed by atoms with Gasteiger partial charge in [0.15, 0.2) is 0 Å². The monoisotopic (exact) mass is 401 g/mol. The highest BCUT2D eigenvalue weighted by molar-refractivity contribution is 9.10. The van der Waals surface area contributed by atoms with Gasteiger partial charge in [-0.3, -0.25) is 4.68 Å². The van der Waals surface area contributed by atoms with E-state index in [2.05, 4.69) is 48.3 Å². The van der Waals surface area contributed by atoms with Crippen LogP contribution in [0.4, 0.5) is 0 Å². The molecule has 1 heterocycles. The lowest BCUT2D eigenvalue weighted by Crippen LogP contribution is -2.23. The van der Waals surface area contributed by atoms with Gasteiger partial charge in [0, 0.05) is 11.6 Å². The molecule has 0 spiro atoms. The van der Waals surface area contributed by atoms with Gasteiger partial charge in [0.05, 0.1) is 35.6 Å². The van der Waals surface area contributed by atoms with Crippen molar-refractivity contribution in [3.63, 3.8) is 0 Å². The van der Waals surface area contributed by atoms with Gasteiger partial charge in [-0.05, 0) is 34.6 Å². The van der Waals surface area contributed by atoms with Gasteiger partial charge in [-0.2, -0.15) is 5.10 Å². The second-order valence-electron chi connectivity index (χ2n) is 4.34. The minimum absolute atomic E-state index is 0.0549. The summed E-state index contributed by atoms with van der Waals surface area (Å²) >= 11 is 7.21. The maximum atomic E-state index is 5.15. The van der Waals surface area contributed by atoms with Crippen LogP contribution in [-0.4, -0.2) is 30.5 Å². The zero-order valence-corrected chi connectivity index (χ0v) is 14.6. The smallest absolute Gasteiger partial charge is 0.0768 e. The molecule has 20 heavy (non-hydrogen) atoms. The molecule has 1 atom stereocenters. The summed E-state index contributed by atoms with van der Waals surface area (Å²) < 4.78 is 9.18. The third kappa shape index (κ3) is 3.31. The summed E-state index contributed by atoms with van der Waals surface area (Å²) in [6, 6.07) is 8.25. The summed E-state index contributed by atoms with van der Waals surface area (Å²) in [5.41, 5.74) is 2.27. The molecule has 0 aliphatic heterocycles. The minimum atomic E-state index is 0.0549. The highest BCUT2D eigenvalue weighted by Gasteiger charge is 2.22. The maximum Gasteiger partial charge on any atom is 0.0768 e. The molecule has 0 saturated carbocycles. The molecule has 1 unspecified atom stereocenters. The molecule has 0 radical (unpaired) electrons. The molecule has 0 fully saturated rings. The first kappa shape index (κ1) is 15.7. The van der Waals surface area contributed by atoms with Crippen molar-refractivity contribution in [1.82, 2.24) is 15.1 Å². The van der Waals surface area contributed by atoms with Gasteiger partial charge in [-0.1, -0.05) is 34.1 Å². The fourth-order valence-corrected chi connectivity index (χ4v) is 3.20. The Labute approximate surface area is 135 Å². The van der Waals surface area contributed by atoms with Crippen LogP contribution < -0.4 is 5.32 Å². The summed E-state index contributed by atoms with van der Waals surface area (Å²) in [6.07, 6.45) is 1.83. The number of hydrogen-bond acceptors (Lipinski definition) is 3. The van der Waals surface area contributed by atoms with Crippen molar-refractivity contribution in [2.45, 2.75) is 12.6 Å². The number of benzene rings is 1. The Morgan fingerprint density at radius 3 is 2.70 bits per heavy atom. The summed E-state index contributed by atoms with van der Waals surface area (Å²) in [6.45, 7) is 1.35. The molecule has 0 amide bonds. The fourth-order valence-electron chi connectivity index (χ4n) is 2.16. The van der Waals surface area contributed by atoms with Crippen molar-refractivity contribution in [1.29, 1.82) is 0 Å². The average Bonchev–Trinajstić information content (AvgIpc) is 2.81. The maximum absolute atomic E-state index is 5.15. The Hall–Kier alpha value is -0.690. The number of ether oxygens (including phenoxy) is 1. The van der Waals surface area contributed by atoms with Gasteiger partial charge < -0.3 is 10.1 Å². The lowest BCUT2D eigenvalue weighted by molar-refractivity contribution is 0.182. The van der Waals surface area contributed by atoms with Crippen molar-refractivity contribution in [2.75, 3.05) is 20.8 Å². The molecule has 4 nitrogen and oxygen atoms in total. The molecular formula is C14H17Br2N3O. The molecule has 0 aliphatic rings. The zero-order chi connectivity index (χ0) is 14.5. The molecule has 0 saturated heterocycles. The number of rotatable bonds is 6. The lowest BCUT2D eigenvalue weighted by atomic mass is 10.0. The molecule has 1 aromatic heterocycles. The highest BCUT2D eigenvalue weighted by atomic mass is 79.9. The molecular weight excluding hydrogens is 386 g/mol. The summed E-state index contributed by atoms with van der Waals surface area (Å²) in [4.78, 5) is 0. The molecule has 2 aromatic rings. The van der Waals surface area contributed by atoms with E-state index in [1.165, 1.54) is 5.56 Å². The average molecular weight is 403 g/mol. The lowest BCUT2D eigenvalue weighted by Gasteiger charge is -2.20. The number of halogens is 2. The Bertz CT molecular complexity index is 571. The molecule has 0 bridgehead atoms. The Kier molecular flexibility index (Phi) is 5.77. The fraction of sp³-hybridized carbons (Fsp3) is 0.357. The quantitative estimate of drug-likeness (QED) is 0.805. The zero-order valence-electron chi connectivity index (χ0n) is 11.4. The minimum Gasteiger partial charge on any atom is -0.383 e. The molecule has 2 rings (SSSR count). The van der Waals surface area contributed by atoms with Crippen molar-refractivity contribution < 1.29 is 4.74 Å². The van der Waals surface area contributed by atoms with Gasteiger partial charge in [-0.25, -0.2) is 0 Å². The van der Waals surface area contributed by atoms with Crippen LogP contribution in [-0.2, 0) is 11.3 Å². The second kappa shape index (κ2) is 7.36. The predicted octanol–water partition coefficient (Wildman–Crippen LogP) is 3.36. The van der Waals surface area contributed by atoms with E-state index in [1.54, 1.807) is 7.11 Å². The molecule has 6 heteroatoms. The van der Waals surface area contributed by atoms with E-state index in [0.717, 1.165) is 21.2 Å². The van der Waals surface area contributed by atoms with E-state index in [9.17, 15) is 0 Å². The first-order valence-electron chi connectivity index (χ1n) is 6.30. The largest absolute Gasteiger partial charge is 0.383 e. The summed E-state index contributed by atoms with van der Waals surface area (Å²) in [7, 11) is 3.64. The first-order chi connectivity index (χ1) is 9.69. The van der Waals surface area contributed by atoms with E-state index in [0.29, 0.717) is 6.61 Å². The Morgan fingerprint density at radius 2 is 2.05 bits per heavy atom. The third-order valence-electron chi connectivity index (χ3n) is 3.12. The number of hydrogen-bond donors (Lipinski definition) is 1. The van der Waals surface area contributed by atoms with Gasteiger partial charge in [-0.15, -0.1) is 0 Å². The second-order valence-corrected chi connectivity index (χ2v) is 6.05. The van der Waals surface area contributed by atoms with Crippen LogP contribution in [0.1, 0.15) is 17.3 Å². The molecule has 0 aliphatic carbocycles. The van der Waals surface area contributed by atoms with Crippen molar-refractivity contribution in [3.8, 4) is 0 Å². The van der Waals surface area contributed by atoms with E-state index >= 15 is 0 Å². The van der Waals surface area contributed by atoms with E-state index < -0.39 is 0 Å². The topological polar surface area (TPSA) is 39.1 Å². The van der Waals surface area contributed by atoms with E-state index in [1.807, 2.05) is 36.1 Å². The first-order valence-corrected chi connectivity index (χ1v) is 7.89. The van der Waals surface area contributed by atoms with Crippen LogP contribution in [0.15, 0.2) is 39.4 Å². The standard InChI is InChI=1S/C14H17Br2N3O/c1-17-13(10-5-3-4-6-11(10)15)14-12(16)9-18-19(14)7-8-20-2/h3-6,9,13,17H,7-8H2,1-2H3. The van der Waals surface area contributed by atoms with Crippen LogP contribution in [0.5, 0.6) is 0 Å². The number of nitrogens with one attached hydrogen (secondary N) is 1. The van der Waals surface area contributed by atoms with Crippen LogP contribution in [0.25, 0.3) is 0 Å². The third-order valence-corrected chi connectivity index (χ3v) is 4.45. The number of aromatic nitrogens is 2. The van der Waals surface area contributed by atoms with E-state index in [-0.39, 0.29) is 6.04 Å². The Morgan fingerprint density at radius 1 is 1.30 bits per heavy atom. The number of methoxy groups -OCH3 is 1. The highest BCUT2D eigenvalue weighted by Crippen LogP contribution is 2.32. The van der Waals surface area contributed by atoms with Gasteiger partial charge >= 0.3 is 0 Å². The molecule has 1 N–H and O–H groups in total. The van der Waals surface area contributed by atoms with Crippen LogP contribution in [0.3, 0.4) is 0 Å².